The zero-order chi connectivity index (χ0) is 26.6. The van der Waals surface area contributed by atoms with Crippen molar-refractivity contribution in [3.63, 3.8) is 0 Å². The quantitative estimate of drug-likeness (QED) is 0.233. The number of nitrogens with one attached hydrogen (secondary N) is 1. The Balaban J connectivity index is 1.79. The van der Waals surface area contributed by atoms with Crippen molar-refractivity contribution < 1.29 is 28.2 Å². The monoisotopic (exact) mass is 505 g/mol. The maximum atomic E-state index is 12.6. The minimum Gasteiger partial charge on any atom is -0.493 e. The van der Waals surface area contributed by atoms with Crippen LogP contribution in [-0.4, -0.2) is 40.4 Å². The van der Waals surface area contributed by atoms with E-state index in [-0.39, 0.29) is 11.9 Å². The highest BCUT2D eigenvalue weighted by molar-refractivity contribution is 5.89. The van der Waals surface area contributed by atoms with Gasteiger partial charge in [0.05, 0.1) is 41.0 Å². The normalized spacial score (nSPS) is 11.6. The summed E-state index contributed by atoms with van der Waals surface area (Å²) >= 11 is 0. The van der Waals surface area contributed by atoms with Gasteiger partial charge in [0.1, 0.15) is 0 Å². The fourth-order valence-electron chi connectivity index (χ4n) is 4.01. The topological polar surface area (TPSA) is 79.2 Å². The number of allylic oxidation sites excluding steroid dienone is 2. The molecule has 0 radical (unpaired) electrons. The third-order valence-corrected chi connectivity index (χ3v) is 5.97. The molecule has 0 spiro atoms. The van der Waals surface area contributed by atoms with Crippen LogP contribution in [0.1, 0.15) is 36.5 Å². The van der Waals surface area contributed by atoms with Crippen molar-refractivity contribution in [2.75, 3.05) is 28.4 Å². The fraction of sp³-hybridized carbons (Fsp3) is 0.300. The van der Waals surface area contributed by atoms with Gasteiger partial charge in [-0.2, -0.15) is 0 Å². The number of benzene rings is 2. The van der Waals surface area contributed by atoms with Gasteiger partial charge in [-0.25, -0.2) is 0 Å². The molecule has 1 amide bonds. The fourth-order valence-corrected chi connectivity index (χ4v) is 4.01. The molecule has 0 aliphatic heterocycles. The van der Waals surface area contributed by atoms with Gasteiger partial charge in [0, 0.05) is 12.1 Å². The Labute approximate surface area is 218 Å². The van der Waals surface area contributed by atoms with Crippen LogP contribution in [0.25, 0.3) is 5.57 Å². The lowest BCUT2D eigenvalue weighted by Gasteiger charge is -2.14. The average Bonchev–Trinajstić information content (AvgIpc) is 3.44. The Kier molecular flexibility index (Phi) is 10.3. The summed E-state index contributed by atoms with van der Waals surface area (Å²) in [6, 6.07) is 13.4. The maximum absolute atomic E-state index is 12.6. The molecule has 0 bridgehead atoms. The number of aryl methyl sites for hydroxylation is 1. The van der Waals surface area contributed by atoms with Crippen LogP contribution in [0.4, 0.5) is 0 Å². The smallest absolute Gasteiger partial charge is 0.244 e. The van der Waals surface area contributed by atoms with E-state index < -0.39 is 0 Å². The van der Waals surface area contributed by atoms with Crippen molar-refractivity contribution in [2.45, 2.75) is 32.2 Å². The number of ether oxygens (including phenoxy) is 4. The number of methoxy groups -OCH3 is 4. The van der Waals surface area contributed by atoms with Crippen LogP contribution in [-0.2, 0) is 11.2 Å². The predicted octanol–water partition coefficient (Wildman–Crippen LogP) is 5.83. The molecule has 1 heterocycles. The molecule has 0 aliphatic rings. The van der Waals surface area contributed by atoms with Crippen molar-refractivity contribution in [2.24, 2.45) is 0 Å². The molecule has 1 N–H and O–H groups in total. The van der Waals surface area contributed by atoms with Crippen LogP contribution in [0.15, 0.2) is 77.6 Å². The number of hydrogen-bond donors (Lipinski definition) is 1. The van der Waals surface area contributed by atoms with Gasteiger partial charge in [0.25, 0.3) is 0 Å². The van der Waals surface area contributed by atoms with Crippen LogP contribution in [0, 0.1) is 0 Å². The molecule has 1 atom stereocenters. The second kappa shape index (κ2) is 13.8. The first-order valence-corrected chi connectivity index (χ1v) is 12.1. The molecule has 2 aromatic carbocycles. The van der Waals surface area contributed by atoms with Gasteiger partial charge in [0.15, 0.2) is 23.0 Å². The molecular weight excluding hydrogens is 470 g/mol. The van der Waals surface area contributed by atoms with Gasteiger partial charge in [0.2, 0.25) is 5.91 Å². The summed E-state index contributed by atoms with van der Waals surface area (Å²) < 4.78 is 26.9. The molecule has 0 saturated heterocycles. The summed E-state index contributed by atoms with van der Waals surface area (Å²) in [5, 5.41) is 3.03. The standard InChI is InChI=1S/C30H35NO6/c1-21(8-6-9-22-16-17-37-20-22)31-30(32)11-7-10-25(23-12-14-26(33-2)28(18-23)35-4)24-13-15-27(34-3)29(19-24)36-5/h7,10-21H,6,8-9H2,1-5H3,(H,31,32)/t21-/m1/s1. The Hall–Kier alpha value is -4.13. The van der Waals surface area contributed by atoms with Crippen molar-refractivity contribution in [1.29, 1.82) is 0 Å². The number of amides is 1. The second-order valence-electron chi connectivity index (χ2n) is 8.51. The van der Waals surface area contributed by atoms with Crippen molar-refractivity contribution in [3.8, 4) is 23.0 Å². The van der Waals surface area contributed by atoms with Gasteiger partial charge in [-0.3, -0.25) is 4.79 Å². The highest BCUT2D eigenvalue weighted by Crippen LogP contribution is 2.36. The SMILES string of the molecule is COc1ccc(C(=CC=CC(=O)N[C@H](C)CCCc2ccoc2)c2ccc(OC)c(OC)c2)cc1OC. The van der Waals surface area contributed by atoms with Crippen LogP contribution in [0.2, 0.25) is 0 Å². The first-order chi connectivity index (χ1) is 18.0. The zero-order valence-electron chi connectivity index (χ0n) is 22.1. The molecule has 1 aromatic heterocycles. The van der Waals surface area contributed by atoms with Crippen molar-refractivity contribution in [3.05, 3.63) is 89.9 Å². The van der Waals surface area contributed by atoms with Gasteiger partial charge in [-0.15, -0.1) is 0 Å². The molecule has 7 heteroatoms. The molecule has 196 valence electrons. The Morgan fingerprint density at radius 2 is 1.49 bits per heavy atom. The van der Waals surface area contributed by atoms with Crippen LogP contribution in [0.5, 0.6) is 23.0 Å². The Morgan fingerprint density at radius 1 is 0.892 bits per heavy atom. The lowest BCUT2D eigenvalue weighted by atomic mass is 9.96. The predicted molar refractivity (Wildman–Crippen MR) is 145 cm³/mol. The summed E-state index contributed by atoms with van der Waals surface area (Å²) in [5.74, 6) is 2.34. The van der Waals surface area contributed by atoms with E-state index in [0.717, 1.165) is 36.0 Å². The molecule has 3 rings (SSSR count). The molecule has 37 heavy (non-hydrogen) atoms. The number of carbonyl (C=O) groups excluding carboxylic acids is 1. The Morgan fingerprint density at radius 3 is 2.00 bits per heavy atom. The van der Waals surface area contributed by atoms with Crippen molar-refractivity contribution in [1.82, 2.24) is 5.32 Å². The molecule has 0 fully saturated rings. The van der Waals surface area contributed by atoms with E-state index >= 15 is 0 Å². The first kappa shape index (κ1) is 27.5. The first-order valence-electron chi connectivity index (χ1n) is 12.1. The summed E-state index contributed by atoms with van der Waals surface area (Å²) in [6.45, 7) is 2.01. The van der Waals surface area contributed by atoms with E-state index in [2.05, 4.69) is 5.32 Å². The molecule has 7 nitrogen and oxygen atoms in total. The minimum absolute atomic E-state index is 0.0594. The summed E-state index contributed by atoms with van der Waals surface area (Å²) in [7, 11) is 6.40. The van der Waals surface area contributed by atoms with E-state index in [0.29, 0.717) is 23.0 Å². The van der Waals surface area contributed by atoms with Crippen LogP contribution >= 0.6 is 0 Å². The lowest BCUT2D eigenvalue weighted by molar-refractivity contribution is -0.117. The molecule has 0 saturated carbocycles. The summed E-state index contributed by atoms with van der Waals surface area (Å²) in [5.41, 5.74) is 3.82. The van der Waals surface area contributed by atoms with Gasteiger partial charge >= 0.3 is 0 Å². The number of furan rings is 1. The summed E-state index contributed by atoms with van der Waals surface area (Å²) in [4.78, 5) is 12.6. The number of hydrogen-bond acceptors (Lipinski definition) is 6. The minimum atomic E-state index is -0.147. The average molecular weight is 506 g/mol. The van der Waals surface area contributed by atoms with E-state index in [1.54, 1.807) is 47.0 Å². The number of rotatable bonds is 13. The third kappa shape index (κ3) is 7.67. The van der Waals surface area contributed by atoms with Gasteiger partial charge < -0.3 is 28.7 Å². The van der Waals surface area contributed by atoms with E-state index in [4.69, 9.17) is 23.4 Å². The third-order valence-electron chi connectivity index (χ3n) is 5.97. The molecule has 0 unspecified atom stereocenters. The van der Waals surface area contributed by atoms with Gasteiger partial charge in [-0.05, 0) is 78.8 Å². The van der Waals surface area contributed by atoms with E-state index in [9.17, 15) is 4.79 Å². The van der Waals surface area contributed by atoms with E-state index in [1.165, 1.54) is 11.6 Å². The largest absolute Gasteiger partial charge is 0.493 e. The lowest BCUT2D eigenvalue weighted by Crippen LogP contribution is -2.31. The summed E-state index contributed by atoms with van der Waals surface area (Å²) in [6.07, 6.45) is 11.4. The van der Waals surface area contributed by atoms with Crippen molar-refractivity contribution >= 4 is 11.5 Å². The van der Waals surface area contributed by atoms with Crippen LogP contribution in [0.3, 0.4) is 0 Å². The molecular formula is C30H35NO6. The molecule has 0 aliphatic carbocycles. The highest BCUT2D eigenvalue weighted by Gasteiger charge is 2.13. The maximum Gasteiger partial charge on any atom is 0.244 e. The van der Waals surface area contributed by atoms with Crippen LogP contribution < -0.4 is 24.3 Å². The molecule has 3 aromatic rings. The second-order valence-corrected chi connectivity index (χ2v) is 8.51. The highest BCUT2D eigenvalue weighted by atomic mass is 16.5. The zero-order valence-corrected chi connectivity index (χ0v) is 22.1. The number of carbonyl (C=O) groups is 1. The van der Waals surface area contributed by atoms with Gasteiger partial charge in [-0.1, -0.05) is 24.3 Å². The Bertz CT molecular complexity index is 1160. The van der Waals surface area contributed by atoms with E-state index in [1.807, 2.05) is 55.5 Å².